The Balaban J connectivity index is 2.48. The van der Waals surface area contributed by atoms with Crippen LogP contribution in [0.5, 0.6) is 0 Å². The van der Waals surface area contributed by atoms with Crippen LogP contribution in [-0.4, -0.2) is 55.3 Å². The molecule has 0 radical (unpaired) electrons. The molecule has 0 aliphatic heterocycles. The van der Waals surface area contributed by atoms with Crippen LogP contribution in [0.4, 0.5) is 0 Å². The van der Waals surface area contributed by atoms with Crippen molar-refractivity contribution in [3.8, 4) is 0 Å². The number of hydrogen-bond donors (Lipinski definition) is 0. The van der Waals surface area contributed by atoms with Gasteiger partial charge in [0.2, 0.25) is 0 Å². The third kappa shape index (κ3) is 6.54. The molecule has 0 aromatic carbocycles. The van der Waals surface area contributed by atoms with E-state index in [0.717, 1.165) is 12.8 Å². The second-order valence-corrected chi connectivity index (χ2v) is 9.07. The molecule has 25 heavy (non-hydrogen) atoms. The molecule has 0 aromatic rings. The molecule has 0 amide bonds. The molecule has 0 heterocycles. The minimum absolute atomic E-state index is 0.162. The van der Waals surface area contributed by atoms with Crippen LogP contribution >= 0.6 is 0 Å². The Morgan fingerprint density at radius 1 is 1.00 bits per heavy atom. The summed E-state index contributed by atoms with van der Waals surface area (Å²) < 4.78 is 26.5. The Bertz CT molecular complexity index is 428. The van der Waals surface area contributed by atoms with Crippen molar-refractivity contribution in [2.24, 2.45) is 11.8 Å². The van der Waals surface area contributed by atoms with Gasteiger partial charge in [0.1, 0.15) is 6.61 Å². The molecule has 1 saturated carbocycles. The molecule has 0 spiro atoms. The summed E-state index contributed by atoms with van der Waals surface area (Å²) in [5, 5.41) is 0. The van der Waals surface area contributed by atoms with Crippen LogP contribution in [-0.2, 0) is 32.3 Å². The maximum atomic E-state index is 12.4. The molecule has 1 aliphatic carbocycles. The average Bonchev–Trinajstić information content (AvgIpc) is 2.66. The van der Waals surface area contributed by atoms with E-state index in [4.69, 9.17) is 22.8 Å². The first-order chi connectivity index (χ1) is 12.0. The SMILES string of the molecule is C=CCOC(=O)C1CCCCC1C(=O)OCCC[Si](OC)(OC)OC. The maximum Gasteiger partial charge on any atom is 0.500 e. The lowest BCUT2D eigenvalue weighted by Gasteiger charge is -2.28. The van der Waals surface area contributed by atoms with Crippen molar-refractivity contribution in [3.63, 3.8) is 0 Å². The molecule has 1 rings (SSSR count). The zero-order valence-corrected chi connectivity index (χ0v) is 16.5. The molecule has 0 N–H and O–H groups in total. The summed E-state index contributed by atoms with van der Waals surface area (Å²) in [5.74, 6) is -1.53. The van der Waals surface area contributed by atoms with E-state index in [0.29, 0.717) is 25.3 Å². The van der Waals surface area contributed by atoms with Gasteiger partial charge in [0.05, 0.1) is 18.4 Å². The molecule has 8 heteroatoms. The second-order valence-electron chi connectivity index (χ2n) is 5.98. The Hall–Kier alpha value is -1.22. The van der Waals surface area contributed by atoms with Crippen LogP contribution in [0, 0.1) is 11.8 Å². The Kier molecular flexibility index (Phi) is 9.95. The summed E-state index contributed by atoms with van der Waals surface area (Å²) in [7, 11) is 1.99. The first-order valence-electron chi connectivity index (χ1n) is 8.63. The minimum Gasteiger partial charge on any atom is -0.465 e. The molecule has 0 bridgehead atoms. The van der Waals surface area contributed by atoms with Crippen molar-refractivity contribution < 1.29 is 32.3 Å². The molecule has 2 unspecified atom stereocenters. The minimum atomic E-state index is -2.65. The Labute approximate surface area is 151 Å². The third-order valence-corrected chi connectivity index (χ3v) is 7.35. The van der Waals surface area contributed by atoms with Gasteiger partial charge in [-0.1, -0.05) is 25.5 Å². The zero-order valence-electron chi connectivity index (χ0n) is 15.5. The van der Waals surface area contributed by atoms with Crippen LogP contribution in [0.3, 0.4) is 0 Å². The van der Waals surface area contributed by atoms with Gasteiger partial charge in [0.25, 0.3) is 0 Å². The van der Waals surface area contributed by atoms with Crippen LogP contribution in [0.1, 0.15) is 32.1 Å². The van der Waals surface area contributed by atoms with Gasteiger partial charge in [-0.15, -0.1) is 0 Å². The number of carbonyl (C=O) groups is 2. The normalized spacial score (nSPS) is 20.8. The van der Waals surface area contributed by atoms with Crippen molar-refractivity contribution in [2.75, 3.05) is 34.5 Å². The summed E-state index contributed by atoms with van der Waals surface area (Å²) in [5.41, 5.74) is 0. The van der Waals surface area contributed by atoms with E-state index in [1.165, 1.54) is 6.08 Å². The number of ether oxygens (including phenoxy) is 2. The summed E-state index contributed by atoms with van der Waals surface area (Å²) >= 11 is 0. The average molecular weight is 375 g/mol. The van der Waals surface area contributed by atoms with E-state index in [-0.39, 0.29) is 25.2 Å². The molecule has 7 nitrogen and oxygen atoms in total. The van der Waals surface area contributed by atoms with E-state index in [1.54, 1.807) is 21.3 Å². The fraction of sp³-hybridized carbons (Fsp3) is 0.765. The molecule has 1 fully saturated rings. The zero-order chi connectivity index (χ0) is 18.7. The quantitative estimate of drug-likeness (QED) is 0.238. The number of carbonyl (C=O) groups excluding carboxylic acids is 2. The van der Waals surface area contributed by atoms with Crippen molar-refractivity contribution in [1.29, 1.82) is 0 Å². The van der Waals surface area contributed by atoms with E-state index >= 15 is 0 Å². The van der Waals surface area contributed by atoms with Gasteiger partial charge in [0.15, 0.2) is 0 Å². The van der Waals surface area contributed by atoms with E-state index in [2.05, 4.69) is 6.58 Å². The number of rotatable bonds is 11. The third-order valence-electron chi connectivity index (χ3n) is 4.52. The van der Waals surface area contributed by atoms with Gasteiger partial charge >= 0.3 is 20.7 Å². The lowest BCUT2D eigenvalue weighted by molar-refractivity contribution is -0.162. The highest BCUT2D eigenvalue weighted by Crippen LogP contribution is 2.32. The van der Waals surface area contributed by atoms with Crippen LogP contribution < -0.4 is 0 Å². The van der Waals surface area contributed by atoms with Crippen LogP contribution in [0.25, 0.3) is 0 Å². The van der Waals surface area contributed by atoms with Crippen LogP contribution in [0.15, 0.2) is 12.7 Å². The van der Waals surface area contributed by atoms with Gasteiger partial charge in [-0.25, -0.2) is 0 Å². The summed E-state index contributed by atoms with van der Waals surface area (Å²) in [4.78, 5) is 24.5. The van der Waals surface area contributed by atoms with Gasteiger partial charge in [-0.2, -0.15) is 0 Å². The van der Waals surface area contributed by atoms with Gasteiger partial charge < -0.3 is 22.8 Å². The molecule has 144 valence electrons. The first kappa shape index (κ1) is 21.8. The van der Waals surface area contributed by atoms with E-state index in [1.807, 2.05) is 0 Å². The highest BCUT2D eigenvalue weighted by atomic mass is 28.4. The lowest BCUT2D eigenvalue weighted by atomic mass is 9.79. The van der Waals surface area contributed by atoms with E-state index < -0.39 is 20.6 Å². The van der Waals surface area contributed by atoms with Crippen molar-refractivity contribution in [3.05, 3.63) is 12.7 Å². The Morgan fingerprint density at radius 3 is 2.00 bits per heavy atom. The Morgan fingerprint density at radius 2 is 1.52 bits per heavy atom. The van der Waals surface area contributed by atoms with E-state index in [9.17, 15) is 9.59 Å². The number of hydrogen-bond acceptors (Lipinski definition) is 7. The van der Waals surface area contributed by atoms with Crippen molar-refractivity contribution in [1.82, 2.24) is 0 Å². The van der Waals surface area contributed by atoms with Gasteiger partial charge in [-0.3, -0.25) is 9.59 Å². The summed E-state index contributed by atoms with van der Waals surface area (Å²) in [6, 6.07) is 0.555. The second kappa shape index (κ2) is 11.4. The molecular formula is C17H30O7Si. The molecule has 0 aromatic heterocycles. The van der Waals surface area contributed by atoms with Crippen molar-refractivity contribution >= 4 is 20.7 Å². The maximum absolute atomic E-state index is 12.4. The first-order valence-corrected chi connectivity index (χ1v) is 10.6. The predicted octanol–water partition coefficient (Wildman–Crippen LogP) is 2.33. The standard InChI is InChI=1S/C17H30O7Si/c1-5-11-23-16(18)14-9-6-7-10-15(14)17(19)24-12-8-13-25(20-2,21-3)22-4/h5,14-15H,1,6-13H2,2-4H3. The van der Waals surface area contributed by atoms with Gasteiger partial charge in [-0.05, 0) is 19.3 Å². The topological polar surface area (TPSA) is 80.3 Å². The highest BCUT2D eigenvalue weighted by molar-refractivity contribution is 6.60. The summed E-state index contributed by atoms with van der Waals surface area (Å²) in [6.45, 7) is 3.93. The fourth-order valence-electron chi connectivity index (χ4n) is 3.07. The van der Waals surface area contributed by atoms with Crippen molar-refractivity contribution in [2.45, 2.75) is 38.1 Å². The molecular weight excluding hydrogens is 344 g/mol. The lowest BCUT2D eigenvalue weighted by Crippen LogP contribution is -2.43. The molecule has 1 aliphatic rings. The molecule has 0 saturated heterocycles. The smallest absolute Gasteiger partial charge is 0.465 e. The summed E-state index contributed by atoms with van der Waals surface area (Å²) in [6.07, 6.45) is 5.24. The van der Waals surface area contributed by atoms with Crippen LogP contribution in [0.2, 0.25) is 6.04 Å². The van der Waals surface area contributed by atoms with Gasteiger partial charge in [0, 0.05) is 27.4 Å². The monoisotopic (exact) mass is 374 g/mol. The fourth-order valence-corrected chi connectivity index (χ4v) is 4.76. The largest absolute Gasteiger partial charge is 0.500 e. The molecule has 2 atom stereocenters. The highest BCUT2D eigenvalue weighted by Gasteiger charge is 2.39. The predicted molar refractivity (Wildman–Crippen MR) is 93.8 cm³/mol. The number of esters is 2.